The molecule has 2 atom stereocenters. The van der Waals surface area contributed by atoms with Gasteiger partial charge >= 0.3 is 11.9 Å². The maximum atomic E-state index is 12.3. The quantitative estimate of drug-likeness (QED) is 0.0688. The highest BCUT2D eigenvalue weighted by Gasteiger charge is 2.34. The lowest BCUT2D eigenvalue weighted by Gasteiger charge is -2.21. The van der Waals surface area contributed by atoms with Gasteiger partial charge in [-0.2, -0.15) is 0 Å². The number of quaternary nitrogens is 4. The fourth-order valence-corrected chi connectivity index (χ4v) is 5.34. The molecule has 0 fully saturated rings. The molecule has 44 heavy (non-hydrogen) atoms. The first-order valence-electron chi connectivity index (χ1n) is 14.7. The van der Waals surface area contributed by atoms with E-state index in [9.17, 15) is 19.8 Å². The Balaban J connectivity index is 0. The van der Waals surface area contributed by atoms with Crippen LogP contribution in [0.5, 0.6) is 0 Å². The van der Waals surface area contributed by atoms with Crippen molar-refractivity contribution in [3.63, 3.8) is 0 Å². The molecule has 0 amide bonds. The van der Waals surface area contributed by atoms with Gasteiger partial charge in [0, 0.05) is 25.7 Å². The summed E-state index contributed by atoms with van der Waals surface area (Å²) in [6.45, 7) is 6.16. The number of aliphatic carboxylic acids is 2. The normalized spacial score (nSPS) is 11.7. The van der Waals surface area contributed by atoms with Crippen LogP contribution in [0.3, 0.4) is 0 Å². The van der Waals surface area contributed by atoms with Gasteiger partial charge in [0.1, 0.15) is 0 Å². The summed E-state index contributed by atoms with van der Waals surface area (Å²) in [5, 5.41) is 26.9. The van der Waals surface area contributed by atoms with Crippen LogP contribution >= 0.6 is 0 Å². The summed E-state index contributed by atoms with van der Waals surface area (Å²) in [5.74, 6) is -4.19. The van der Waals surface area contributed by atoms with Gasteiger partial charge in [0.05, 0.1) is 51.1 Å². The van der Waals surface area contributed by atoms with E-state index in [0.29, 0.717) is 0 Å². The highest BCUT2D eigenvalue weighted by molar-refractivity contribution is 5.85. The number of benzene rings is 3. The van der Waals surface area contributed by atoms with Crippen LogP contribution in [0.25, 0.3) is 10.8 Å². The predicted octanol–water partition coefficient (Wildman–Crippen LogP) is -12.5. The molecule has 0 spiro atoms. The Labute approximate surface area is 285 Å². The molecule has 0 saturated carbocycles. The molecule has 0 aliphatic rings. The Morgan fingerprint density at radius 2 is 1.09 bits per heavy atom. The highest BCUT2D eigenvalue weighted by Crippen LogP contribution is 2.27. The Morgan fingerprint density at radius 3 is 1.57 bits per heavy atom. The Hall–Kier alpha value is -2.14. The van der Waals surface area contributed by atoms with Crippen LogP contribution in [0.2, 0.25) is 0 Å². The smallest absolute Gasteiger partial charge is 0.307 e. The van der Waals surface area contributed by atoms with E-state index in [1.165, 1.54) is 11.1 Å². The van der Waals surface area contributed by atoms with Crippen LogP contribution in [0.4, 0.5) is 0 Å². The van der Waals surface area contributed by atoms with Crippen molar-refractivity contribution in [2.24, 2.45) is 11.8 Å². The van der Waals surface area contributed by atoms with E-state index in [1.807, 2.05) is 42.5 Å². The third-order valence-electron chi connectivity index (χ3n) is 7.65. The third-order valence-corrected chi connectivity index (χ3v) is 7.65. The zero-order valence-corrected chi connectivity index (χ0v) is 28.2. The molecule has 0 unspecified atom stereocenters. The molecule has 3 rings (SSSR count). The summed E-state index contributed by atoms with van der Waals surface area (Å²) in [4.78, 5) is 24.5. The van der Waals surface area contributed by atoms with Crippen LogP contribution in [-0.4, -0.2) is 61.4 Å². The number of carboxylic acid groups (broad SMARTS) is 2. The van der Waals surface area contributed by atoms with Gasteiger partial charge in [0.15, 0.2) is 0 Å². The number of carbonyl (C=O) groups is 2. The van der Waals surface area contributed by atoms with E-state index in [-0.39, 0.29) is 62.5 Å². The summed E-state index contributed by atoms with van der Waals surface area (Å²) < 4.78 is 0. The van der Waals surface area contributed by atoms with Crippen molar-refractivity contribution in [3.8, 4) is 0 Å². The lowest BCUT2D eigenvalue weighted by atomic mass is 9.82. The molecule has 8 nitrogen and oxygen atoms in total. The monoisotopic (exact) mass is 692 g/mol. The van der Waals surface area contributed by atoms with Gasteiger partial charge in [0.25, 0.3) is 0 Å². The van der Waals surface area contributed by atoms with Crippen molar-refractivity contribution in [1.82, 2.24) is 0 Å². The number of fused-ring (bicyclic) bond motifs is 1. The molecule has 0 aliphatic heterocycles. The molecule has 3 aromatic carbocycles. The van der Waals surface area contributed by atoms with Crippen LogP contribution in [0.15, 0.2) is 60.7 Å². The fraction of sp³-hybridized carbons (Fsp3) is 0.438. The zero-order valence-electron chi connectivity index (χ0n) is 25.2. The van der Waals surface area contributed by atoms with Crippen LogP contribution in [-0.2, 0) is 35.3 Å². The van der Waals surface area contributed by atoms with Crippen LogP contribution in [0.1, 0.15) is 35.1 Å². The molecular weight excluding hydrogens is 646 g/mol. The number of carboxylic acids is 2. The summed E-state index contributed by atoms with van der Waals surface area (Å²) in [5.41, 5.74) is 12.2. The highest BCUT2D eigenvalue weighted by atomic mass is 35.5. The Morgan fingerprint density at radius 1 is 0.614 bits per heavy atom. The lowest BCUT2D eigenvalue weighted by molar-refractivity contribution is -0.657. The van der Waals surface area contributed by atoms with E-state index < -0.39 is 23.8 Å². The number of nitrogens with two attached hydrogens (primary N) is 2. The molecule has 0 bridgehead atoms. The summed E-state index contributed by atoms with van der Waals surface area (Å²) in [6, 6.07) is 19.8. The minimum absolute atomic E-state index is 0. The molecule has 0 aliphatic carbocycles. The van der Waals surface area contributed by atoms with Gasteiger partial charge in [-0.1, -0.05) is 60.7 Å². The van der Waals surface area contributed by atoms with E-state index in [4.69, 9.17) is 0 Å². The van der Waals surface area contributed by atoms with Crippen molar-refractivity contribution in [2.75, 3.05) is 39.3 Å². The minimum atomic E-state index is -1.08. The Kier molecular flexibility index (Phi) is 24.1. The van der Waals surface area contributed by atoms with E-state index in [2.05, 4.69) is 40.3 Å². The number of hydrogen-bond acceptors (Lipinski definition) is 2. The van der Waals surface area contributed by atoms with Gasteiger partial charge in [-0.3, -0.25) is 9.59 Å². The van der Waals surface area contributed by atoms with Gasteiger partial charge < -0.3 is 81.9 Å². The Bertz CT molecular complexity index is 1240. The number of halogens is 4. The standard InChI is InChI=1S/C32H44N4O4.4ClH/c33-12-4-14-35-16-10-26-21-25-9-8-24(18-28(25)22-27(26)11-17-36-15-5-13-34)20-30(32(39)40)29(31(37)38)19-23-6-2-1-3-7-23;;;;/h1-3,6-9,18,21-22,29-30,35-36H,4-5,10-17,19-20,33-34H2,(H,37,38)(H,39,40);4*1H/t29-,30-;;;;/m1..../s1. The van der Waals surface area contributed by atoms with Crippen molar-refractivity contribution in [2.45, 2.75) is 38.5 Å². The molecule has 248 valence electrons. The molecule has 12 N–H and O–H groups in total. The van der Waals surface area contributed by atoms with Gasteiger partial charge in [0.2, 0.25) is 0 Å². The van der Waals surface area contributed by atoms with Crippen molar-refractivity contribution in [3.05, 3.63) is 82.9 Å². The summed E-state index contributed by atoms with van der Waals surface area (Å²) in [7, 11) is 0. The van der Waals surface area contributed by atoms with Crippen molar-refractivity contribution >= 4 is 22.7 Å². The lowest BCUT2D eigenvalue weighted by Crippen LogP contribution is -3.00. The molecule has 0 saturated heterocycles. The summed E-state index contributed by atoms with van der Waals surface area (Å²) in [6.07, 6.45) is 4.57. The van der Waals surface area contributed by atoms with E-state index in [1.54, 1.807) is 0 Å². The molecule has 3 aromatic rings. The zero-order chi connectivity index (χ0) is 28.7. The average Bonchev–Trinajstić information content (AvgIpc) is 2.95. The maximum Gasteiger partial charge on any atom is 0.307 e. The molecule has 12 heteroatoms. The van der Waals surface area contributed by atoms with Crippen molar-refractivity contribution < 1.29 is 91.5 Å². The molecular formula is C32H48Cl4N4O4. The third kappa shape index (κ3) is 14.3. The second-order valence-electron chi connectivity index (χ2n) is 10.7. The molecule has 0 heterocycles. The second-order valence-corrected chi connectivity index (χ2v) is 10.7. The molecule has 0 aromatic heterocycles. The number of rotatable bonds is 19. The van der Waals surface area contributed by atoms with E-state index in [0.717, 1.165) is 86.9 Å². The minimum Gasteiger partial charge on any atom is -1.00 e. The van der Waals surface area contributed by atoms with Crippen LogP contribution in [0, 0.1) is 11.8 Å². The van der Waals surface area contributed by atoms with Crippen LogP contribution < -0.4 is 71.7 Å². The number of hydrogen-bond donors (Lipinski definition) is 6. The molecule has 0 radical (unpaired) electrons. The first kappa shape index (κ1) is 44.0. The fourth-order valence-electron chi connectivity index (χ4n) is 5.34. The predicted molar refractivity (Wildman–Crippen MR) is 156 cm³/mol. The van der Waals surface area contributed by atoms with E-state index >= 15 is 0 Å². The van der Waals surface area contributed by atoms with Crippen molar-refractivity contribution in [1.29, 1.82) is 0 Å². The van der Waals surface area contributed by atoms with Gasteiger partial charge in [-0.15, -0.1) is 0 Å². The first-order chi connectivity index (χ1) is 19.4. The maximum absolute atomic E-state index is 12.3. The second kappa shape index (κ2) is 24.1. The van der Waals surface area contributed by atoms with Gasteiger partial charge in [-0.05, 0) is 45.9 Å². The van der Waals surface area contributed by atoms with Gasteiger partial charge in [-0.25, -0.2) is 0 Å². The largest absolute Gasteiger partial charge is 1.00 e. The first-order valence-corrected chi connectivity index (χ1v) is 14.7. The summed E-state index contributed by atoms with van der Waals surface area (Å²) >= 11 is 0. The topological polar surface area (TPSA) is 163 Å². The average molecular weight is 695 g/mol. The SMILES string of the molecule is [Cl-].[Cl-].[Cl-].[Cl-].[NH3+]CCC[NH2+]CCc1cc2ccc(C[C@@H](C(=O)O)[C@@H](Cc3ccccc3)C(=O)O)cc2cc1CC[NH2+]CCC[NH3+].